The number of hydrogen-bond acceptors (Lipinski definition) is 7. The van der Waals surface area contributed by atoms with Crippen molar-refractivity contribution >= 4 is 22.1 Å². The number of hydrogen-bond donors (Lipinski definition) is 2. The van der Waals surface area contributed by atoms with E-state index in [1.165, 1.54) is 0 Å². The Labute approximate surface area is 207 Å². The summed E-state index contributed by atoms with van der Waals surface area (Å²) in [6, 6.07) is 12.1. The largest absolute Gasteiger partial charge is 0.491 e. The van der Waals surface area contributed by atoms with Gasteiger partial charge in [-0.1, -0.05) is 6.07 Å². The van der Waals surface area contributed by atoms with Gasteiger partial charge in [0, 0.05) is 65.0 Å². The summed E-state index contributed by atoms with van der Waals surface area (Å²) < 4.78 is 5.87. The zero-order valence-corrected chi connectivity index (χ0v) is 19.9. The molecule has 178 valence electrons. The van der Waals surface area contributed by atoms with E-state index in [4.69, 9.17) is 4.74 Å². The molecule has 6 rings (SSSR count). The summed E-state index contributed by atoms with van der Waals surface area (Å²) in [6.07, 6.45) is 10.8. The standard InChI is InChI=1S/C27H24N8O/c1-35(2)8-9-36-20-10-18(14-29-16-20)19-11-23-25(33-34-27(23)31-15-19)24-12-22-21(5-7-30-26(22)32-24)17-4-3-6-28-13-17/h3-7,10-16H,8-9H2,1-2H3,(H,30,32)(H,31,33,34). The molecule has 0 aliphatic heterocycles. The summed E-state index contributed by atoms with van der Waals surface area (Å²) in [5, 5.41) is 9.49. The molecule has 0 saturated heterocycles. The van der Waals surface area contributed by atoms with Gasteiger partial charge in [-0.25, -0.2) is 9.97 Å². The van der Waals surface area contributed by atoms with Gasteiger partial charge in [0.15, 0.2) is 5.65 Å². The first kappa shape index (κ1) is 21.9. The summed E-state index contributed by atoms with van der Waals surface area (Å²) in [4.78, 5) is 23.3. The van der Waals surface area contributed by atoms with E-state index in [0.29, 0.717) is 12.3 Å². The van der Waals surface area contributed by atoms with Crippen LogP contribution in [0.1, 0.15) is 0 Å². The number of nitrogens with one attached hydrogen (secondary N) is 2. The fourth-order valence-corrected chi connectivity index (χ4v) is 4.20. The highest BCUT2D eigenvalue weighted by Crippen LogP contribution is 2.34. The number of nitrogens with zero attached hydrogens (tertiary/aromatic N) is 6. The Morgan fingerprint density at radius 2 is 1.75 bits per heavy atom. The van der Waals surface area contributed by atoms with Crippen LogP contribution in [0, 0.1) is 0 Å². The number of aromatic nitrogens is 7. The third kappa shape index (κ3) is 4.16. The van der Waals surface area contributed by atoms with E-state index in [0.717, 1.165) is 62.4 Å². The Morgan fingerprint density at radius 3 is 2.61 bits per heavy atom. The SMILES string of the molecule is CN(C)CCOc1cncc(-c2cnc3n[nH]c(-c4cc5c(-c6cccnc6)ccnc5[nH]4)c3c2)c1. The maximum absolute atomic E-state index is 5.87. The summed E-state index contributed by atoms with van der Waals surface area (Å²) in [7, 11) is 4.04. The monoisotopic (exact) mass is 476 g/mol. The van der Waals surface area contributed by atoms with Gasteiger partial charge in [0.05, 0.1) is 17.6 Å². The molecule has 6 aromatic rings. The van der Waals surface area contributed by atoms with Gasteiger partial charge in [-0.05, 0) is 50.0 Å². The molecule has 9 nitrogen and oxygen atoms in total. The predicted molar refractivity (Wildman–Crippen MR) is 139 cm³/mol. The van der Waals surface area contributed by atoms with Crippen LogP contribution in [-0.4, -0.2) is 67.3 Å². The first-order valence-corrected chi connectivity index (χ1v) is 11.6. The molecule has 0 aliphatic rings. The number of H-pyrrole nitrogens is 2. The van der Waals surface area contributed by atoms with Crippen LogP contribution < -0.4 is 4.74 Å². The van der Waals surface area contributed by atoms with E-state index in [1.807, 2.05) is 50.8 Å². The lowest BCUT2D eigenvalue weighted by atomic mass is 10.1. The molecule has 0 fully saturated rings. The van der Waals surface area contributed by atoms with Gasteiger partial charge in [-0.3, -0.25) is 15.1 Å². The highest BCUT2D eigenvalue weighted by atomic mass is 16.5. The molecule has 6 heterocycles. The second-order valence-corrected chi connectivity index (χ2v) is 8.80. The summed E-state index contributed by atoms with van der Waals surface area (Å²) in [5.74, 6) is 0.728. The first-order valence-electron chi connectivity index (χ1n) is 11.6. The van der Waals surface area contributed by atoms with Crippen LogP contribution in [0.2, 0.25) is 0 Å². The quantitative estimate of drug-likeness (QED) is 0.348. The highest BCUT2D eigenvalue weighted by molar-refractivity contribution is 5.99. The van der Waals surface area contributed by atoms with E-state index in [-0.39, 0.29) is 0 Å². The second-order valence-electron chi connectivity index (χ2n) is 8.80. The van der Waals surface area contributed by atoms with Crippen LogP contribution in [0.3, 0.4) is 0 Å². The molecular weight excluding hydrogens is 452 g/mol. The van der Waals surface area contributed by atoms with Crippen molar-refractivity contribution in [3.05, 3.63) is 73.6 Å². The molecule has 9 heteroatoms. The second kappa shape index (κ2) is 9.20. The third-order valence-corrected chi connectivity index (χ3v) is 6.04. The fourth-order valence-electron chi connectivity index (χ4n) is 4.20. The molecule has 0 radical (unpaired) electrons. The molecule has 0 amide bonds. The molecule has 0 unspecified atom stereocenters. The lowest BCUT2D eigenvalue weighted by Gasteiger charge is -2.11. The Balaban J connectivity index is 1.38. The topological polar surface area (TPSA) is 108 Å². The van der Waals surface area contributed by atoms with Crippen molar-refractivity contribution in [3.63, 3.8) is 0 Å². The number of pyridine rings is 4. The van der Waals surface area contributed by atoms with Crippen LogP contribution in [-0.2, 0) is 0 Å². The minimum atomic E-state index is 0.594. The Kier molecular flexibility index (Phi) is 5.59. The number of rotatable bonds is 7. The number of fused-ring (bicyclic) bond motifs is 2. The summed E-state index contributed by atoms with van der Waals surface area (Å²) >= 11 is 0. The van der Waals surface area contributed by atoms with Gasteiger partial charge < -0.3 is 14.6 Å². The number of likely N-dealkylation sites (N-methyl/N-ethyl adjacent to an activating group) is 1. The zero-order chi connectivity index (χ0) is 24.5. The van der Waals surface area contributed by atoms with Crippen LogP contribution >= 0.6 is 0 Å². The Morgan fingerprint density at radius 1 is 0.861 bits per heavy atom. The van der Waals surface area contributed by atoms with Crippen LogP contribution in [0.25, 0.3) is 55.7 Å². The molecule has 0 aliphatic carbocycles. The maximum atomic E-state index is 5.87. The van der Waals surface area contributed by atoms with Crippen molar-refractivity contribution in [2.24, 2.45) is 0 Å². The Bertz CT molecular complexity index is 1660. The molecule has 6 aromatic heterocycles. The van der Waals surface area contributed by atoms with Crippen molar-refractivity contribution in [2.75, 3.05) is 27.2 Å². The molecule has 0 bridgehead atoms. The molecule has 0 aromatic carbocycles. The van der Waals surface area contributed by atoms with E-state index in [1.54, 1.807) is 24.8 Å². The molecular formula is C27H24N8O. The Hall–Kier alpha value is -4.63. The number of ether oxygens (including phenoxy) is 1. The smallest absolute Gasteiger partial charge is 0.181 e. The molecule has 36 heavy (non-hydrogen) atoms. The van der Waals surface area contributed by atoms with Crippen molar-refractivity contribution in [1.82, 2.24) is 40.0 Å². The molecule has 0 atom stereocenters. The summed E-state index contributed by atoms with van der Waals surface area (Å²) in [5.41, 5.74) is 7.13. The average Bonchev–Trinajstić information content (AvgIpc) is 3.53. The maximum Gasteiger partial charge on any atom is 0.181 e. The molecule has 0 spiro atoms. The van der Waals surface area contributed by atoms with E-state index in [9.17, 15) is 0 Å². The van der Waals surface area contributed by atoms with Gasteiger partial charge in [0.1, 0.15) is 18.0 Å². The predicted octanol–water partition coefficient (Wildman–Crippen LogP) is 4.57. The van der Waals surface area contributed by atoms with Crippen LogP contribution in [0.5, 0.6) is 5.75 Å². The van der Waals surface area contributed by atoms with E-state index >= 15 is 0 Å². The van der Waals surface area contributed by atoms with Gasteiger partial charge in [0.2, 0.25) is 0 Å². The highest BCUT2D eigenvalue weighted by Gasteiger charge is 2.15. The van der Waals surface area contributed by atoms with Crippen LogP contribution in [0.4, 0.5) is 0 Å². The first-order chi connectivity index (χ1) is 17.7. The number of aromatic amines is 2. The third-order valence-electron chi connectivity index (χ3n) is 6.04. The van der Waals surface area contributed by atoms with E-state index < -0.39 is 0 Å². The zero-order valence-electron chi connectivity index (χ0n) is 19.9. The average molecular weight is 477 g/mol. The normalized spacial score (nSPS) is 11.5. The van der Waals surface area contributed by atoms with Gasteiger partial charge in [0.25, 0.3) is 0 Å². The lowest BCUT2D eigenvalue weighted by Crippen LogP contribution is -2.19. The van der Waals surface area contributed by atoms with Crippen molar-refractivity contribution in [2.45, 2.75) is 0 Å². The molecule has 2 N–H and O–H groups in total. The molecule has 0 saturated carbocycles. The fraction of sp³-hybridized carbons (Fsp3) is 0.148. The van der Waals surface area contributed by atoms with Crippen LogP contribution in [0.15, 0.2) is 73.6 Å². The summed E-state index contributed by atoms with van der Waals surface area (Å²) in [6.45, 7) is 1.43. The van der Waals surface area contributed by atoms with Gasteiger partial charge >= 0.3 is 0 Å². The van der Waals surface area contributed by atoms with Gasteiger partial charge in [-0.2, -0.15) is 5.10 Å². The van der Waals surface area contributed by atoms with Crippen molar-refractivity contribution < 1.29 is 4.74 Å². The lowest BCUT2D eigenvalue weighted by molar-refractivity contribution is 0.261. The minimum Gasteiger partial charge on any atom is -0.491 e. The van der Waals surface area contributed by atoms with E-state index in [2.05, 4.69) is 52.1 Å². The van der Waals surface area contributed by atoms with Gasteiger partial charge in [-0.15, -0.1) is 0 Å². The van der Waals surface area contributed by atoms with Crippen molar-refractivity contribution in [1.29, 1.82) is 0 Å². The minimum absolute atomic E-state index is 0.594. The van der Waals surface area contributed by atoms with Crippen molar-refractivity contribution in [3.8, 4) is 39.4 Å².